The first-order chi connectivity index (χ1) is 15.8. The Bertz CT molecular complexity index is 717. The minimum atomic E-state index is -0.447. The van der Waals surface area contributed by atoms with Crippen LogP contribution < -0.4 is 21.7 Å². The van der Waals surface area contributed by atoms with E-state index in [9.17, 15) is 4.79 Å². The number of nitrogens with one attached hydrogen (secondary N) is 3. The van der Waals surface area contributed by atoms with Crippen LogP contribution in [0.5, 0.6) is 0 Å². The topological polar surface area (TPSA) is 109 Å². The average molecular weight is 461 g/mol. The van der Waals surface area contributed by atoms with Gasteiger partial charge in [0.15, 0.2) is 0 Å². The molecule has 0 spiro atoms. The summed E-state index contributed by atoms with van der Waals surface area (Å²) in [5, 5.41) is 16.2. The SMILES string of the molecule is CCNc1ccc(CCN)cc1.CCNc1ccc(CCNC(=O)OC(C)(C)C)cc1.CO. The van der Waals surface area contributed by atoms with Crippen LogP contribution in [0.15, 0.2) is 48.5 Å². The third-order valence-electron chi connectivity index (χ3n) is 4.18. The van der Waals surface area contributed by atoms with E-state index >= 15 is 0 Å². The molecule has 0 heterocycles. The molecule has 6 N–H and O–H groups in total. The van der Waals surface area contributed by atoms with E-state index in [-0.39, 0.29) is 6.09 Å². The standard InChI is InChI=1S/C15H24N2O2.C10H16N2.CH4O/c1-5-16-13-8-6-12(7-9-13)10-11-17-14(18)19-15(2,3)4;1-2-12-10-5-3-9(4-6-10)7-8-11;1-2/h6-9,16H,5,10-11H2,1-4H3,(H,17,18);3-6,12H,2,7-8,11H2,1H3;2H,1H3. The highest BCUT2D eigenvalue weighted by atomic mass is 16.6. The number of aliphatic hydroxyl groups is 1. The van der Waals surface area contributed by atoms with Gasteiger partial charge < -0.3 is 31.5 Å². The molecule has 0 aliphatic heterocycles. The van der Waals surface area contributed by atoms with Crippen molar-refractivity contribution in [3.63, 3.8) is 0 Å². The van der Waals surface area contributed by atoms with Crippen molar-refractivity contribution in [2.75, 3.05) is 43.9 Å². The highest BCUT2D eigenvalue weighted by molar-refractivity contribution is 5.67. The van der Waals surface area contributed by atoms with E-state index in [4.69, 9.17) is 15.6 Å². The van der Waals surface area contributed by atoms with Gasteiger partial charge in [-0.3, -0.25) is 0 Å². The summed E-state index contributed by atoms with van der Waals surface area (Å²) in [5.41, 5.74) is 9.79. The number of alkyl carbamates (subject to hydrolysis) is 1. The Labute approximate surface area is 200 Å². The molecule has 7 heteroatoms. The third kappa shape index (κ3) is 15.6. The molecule has 7 nitrogen and oxygen atoms in total. The van der Waals surface area contributed by atoms with Crippen molar-refractivity contribution in [2.24, 2.45) is 5.73 Å². The van der Waals surface area contributed by atoms with Crippen LogP contribution in [0.4, 0.5) is 16.2 Å². The van der Waals surface area contributed by atoms with Gasteiger partial charge in [-0.1, -0.05) is 24.3 Å². The highest BCUT2D eigenvalue weighted by Gasteiger charge is 2.15. The fraction of sp³-hybridized carbons (Fsp3) is 0.500. The van der Waals surface area contributed by atoms with Crippen molar-refractivity contribution in [3.8, 4) is 0 Å². The van der Waals surface area contributed by atoms with E-state index < -0.39 is 5.60 Å². The summed E-state index contributed by atoms with van der Waals surface area (Å²) < 4.78 is 5.17. The predicted octanol–water partition coefficient (Wildman–Crippen LogP) is 4.41. The van der Waals surface area contributed by atoms with Crippen molar-refractivity contribution < 1.29 is 14.6 Å². The molecule has 0 aliphatic carbocycles. The van der Waals surface area contributed by atoms with Crippen LogP contribution in [-0.4, -0.2) is 50.1 Å². The third-order valence-corrected chi connectivity index (χ3v) is 4.18. The number of benzene rings is 2. The molecule has 0 saturated heterocycles. The predicted molar refractivity (Wildman–Crippen MR) is 140 cm³/mol. The van der Waals surface area contributed by atoms with Gasteiger partial charge in [0, 0.05) is 38.1 Å². The van der Waals surface area contributed by atoms with Crippen LogP contribution >= 0.6 is 0 Å². The molecule has 33 heavy (non-hydrogen) atoms. The molecule has 2 aromatic carbocycles. The first kappa shape index (κ1) is 30.2. The number of ether oxygens (including phenoxy) is 1. The Morgan fingerprint density at radius 1 is 0.848 bits per heavy atom. The van der Waals surface area contributed by atoms with Gasteiger partial charge in [0.25, 0.3) is 0 Å². The summed E-state index contributed by atoms with van der Waals surface area (Å²) in [6.07, 6.45) is 1.40. The first-order valence-corrected chi connectivity index (χ1v) is 11.5. The number of anilines is 2. The van der Waals surface area contributed by atoms with Gasteiger partial charge in [0.1, 0.15) is 5.60 Å². The largest absolute Gasteiger partial charge is 0.444 e. The molecule has 0 fully saturated rings. The zero-order chi connectivity index (χ0) is 25.1. The van der Waals surface area contributed by atoms with Crippen molar-refractivity contribution >= 4 is 17.5 Å². The fourth-order valence-electron chi connectivity index (χ4n) is 2.78. The van der Waals surface area contributed by atoms with Gasteiger partial charge in [-0.25, -0.2) is 4.79 Å². The Morgan fingerprint density at radius 3 is 1.64 bits per heavy atom. The van der Waals surface area contributed by atoms with Crippen LogP contribution in [0.25, 0.3) is 0 Å². The van der Waals surface area contributed by atoms with E-state index in [1.165, 1.54) is 16.8 Å². The lowest BCUT2D eigenvalue weighted by Gasteiger charge is -2.19. The summed E-state index contributed by atoms with van der Waals surface area (Å²) in [6, 6.07) is 16.6. The lowest BCUT2D eigenvalue weighted by molar-refractivity contribution is 0.0528. The van der Waals surface area contributed by atoms with Gasteiger partial charge in [-0.05, 0) is 89.4 Å². The number of hydrogen-bond donors (Lipinski definition) is 5. The lowest BCUT2D eigenvalue weighted by Crippen LogP contribution is -2.33. The van der Waals surface area contributed by atoms with Gasteiger partial charge in [0.2, 0.25) is 0 Å². The van der Waals surface area contributed by atoms with E-state index in [0.717, 1.165) is 45.3 Å². The van der Waals surface area contributed by atoms with E-state index in [0.29, 0.717) is 6.54 Å². The molecule has 0 radical (unpaired) electrons. The summed E-state index contributed by atoms with van der Waals surface area (Å²) in [4.78, 5) is 11.4. The average Bonchev–Trinajstić information content (AvgIpc) is 2.78. The van der Waals surface area contributed by atoms with Crippen LogP contribution in [0.3, 0.4) is 0 Å². The zero-order valence-corrected chi connectivity index (χ0v) is 21.2. The highest BCUT2D eigenvalue weighted by Crippen LogP contribution is 2.10. The number of carbonyl (C=O) groups excluding carboxylic acids is 1. The molecule has 186 valence electrons. The second-order valence-electron chi connectivity index (χ2n) is 8.17. The van der Waals surface area contributed by atoms with Gasteiger partial charge in [-0.2, -0.15) is 0 Å². The van der Waals surface area contributed by atoms with Gasteiger partial charge in [-0.15, -0.1) is 0 Å². The second kappa shape index (κ2) is 17.7. The summed E-state index contributed by atoms with van der Waals surface area (Å²) >= 11 is 0. The molecular weight excluding hydrogens is 416 g/mol. The molecule has 0 aromatic heterocycles. The number of rotatable bonds is 9. The maximum atomic E-state index is 11.4. The number of carbonyl (C=O) groups is 1. The number of amides is 1. The van der Waals surface area contributed by atoms with Crippen LogP contribution in [-0.2, 0) is 17.6 Å². The number of aliphatic hydroxyl groups excluding tert-OH is 1. The minimum absolute atomic E-state index is 0.364. The van der Waals surface area contributed by atoms with Crippen molar-refractivity contribution in [1.29, 1.82) is 0 Å². The lowest BCUT2D eigenvalue weighted by atomic mass is 10.1. The monoisotopic (exact) mass is 460 g/mol. The summed E-state index contributed by atoms with van der Waals surface area (Å²) in [5.74, 6) is 0. The fourth-order valence-corrected chi connectivity index (χ4v) is 2.78. The molecule has 2 aromatic rings. The Hall–Kier alpha value is -2.77. The smallest absolute Gasteiger partial charge is 0.407 e. The maximum absolute atomic E-state index is 11.4. The Morgan fingerprint density at radius 2 is 1.27 bits per heavy atom. The maximum Gasteiger partial charge on any atom is 0.407 e. The minimum Gasteiger partial charge on any atom is -0.444 e. The van der Waals surface area contributed by atoms with Crippen molar-refractivity contribution in [2.45, 2.75) is 53.1 Å². The van der Waals surface area contributed by atoms with E-state index in [1.807, 2.05) is 32.9 Å². The second-order valence-corrected chi connectivity index (χ2v) is 8.17. The molecule has 0 saturated carbocycles. The van der Waals surface area contributed by atoms with Crippen LogP contribution in [0.1, 0.15) is 45.7 Å². The van der Waals surface area contributed by atoms with Crippen LogP contribution in [0.2, 0.25) is 0 Å². The molecule has 1 amide bonds. The number of hydrogen-bond acceptors (Lipinski definition) is 6. The van der Waals surface area contributed by atoms with Gasteiger partial charge >= 0.3 is 6.09 Å². The van der Waals surface area contributed by atoms with Crippen molar-refractivity contribution in [1.82, 2.24) is 5.32 Å². The normalized spacial score (nSPS) is 10.1. The Kier molecular flexibility index (Phi) is 16.3. The van der Waals surface area contributed by atoms with Crippen molar-refractivity contribution in [3.05, 3.63) is 59.7 Å². The Balaban J connectivity index is 0.000000627. The molecule has 2 rings (SSSR count). The molecule has 0 aliphatic rings. The molecule has 0 bridgehead atoms. The van der Waals surface area contributed by atoms with Gasteiger partial charge in [0.05, 0.1) is 0 Å². The molecule has 0 unspecified atom stereocenters. The summed E-state index contributed by atoms with van der Waals surface area (Å²) in [7, 11) is 1.00. The quantitative estimate of drug-likeness (QED) is 0.379. The zero-order valence-electron chi connectivity index (χ0n) is 21.2. The van der Waals surface area contributed by atoms with E-state index in [1.54, 1.807) is 0 Å². The summed E-state index contributed by atoms with van der Waals surface area (Å²) in [6.45, 7) is 12.9. The van der Waals surface area contributed by atoms with Crippen LogP contribution in [0, 0.1) is 0 Å². The molecular formula is C26H44N4O3. The van der Waals surface area contributed by atoms with E-state index in [2.05, 4.69) is 66.2 Å². The molecule has 0 atom stereocenters. The first-order valence-electron chi connectivity index (χ1n) is 11.5. The number of nitrogens with two attached hydrogens (primary N) is 1.